The summed E-state index contributed by atoms with van der Waals surface area (Å²) in [6.07, 6.45) is 0.382. The fourth-order valence-corrected chi connectivity index (χ4v) is 4.84. The summed E-state index contributed by atoms with van der Waals surface area (Å²) in [5.74, 6) is -0.644. The van der Waals surface area contributed by atoms with Crippen molar-refractivity contribution in [3.8, 4) is 5.75 Å². The zero-order valence-electron chi connectivity index (χ0n) is 14.5. The van der Waals surface area contributed by atoms with Crippen molar-refractivity contribution in [1.29, 1.82) is 0 Å². The highest BCUT2D eigenvalue weighted by molar-refractivity contribution is 7.91. The fraction of sp³-hybridized carbons (Fsp3) is 0.500. The Morgan fingerprint density at radius 2 is 1.89 bits per heavy atom. The number of hydrogen-bond acceptors (Lipinski definition) is 5. The molecule has 0 radical (unpaired) electrons. The molecule has 2 rings (SSSR count). The molecule has 7 nitrogen and oxygen atoms in total. The molecule has 1 heterocycles. The van der Waals surface area contributed by atoms with E-state index in [1.54, 1.807) is 6.92 Å². The van der Waals surface area contributed by atoms with Crippen molar-refractivity contribution in [3.05, 3.63) is 27.2 Å². The van der Waals surface area contributed by atoms with Crippen LogP contribution in [0.1, 0.15) is 13.3 Å². The number of sulfone groups is 1. The van der Waals surface area contributed by atoms with Crippen LogP contribution < -0.4 is 10.1 Å². The predicted molar refractivity (Wildman–Crippen MR) is 104 cm³/mol. The van der Waals surface area contributed by atoms with E-state index in [4.69, 9.17) is 39.5 Å². The molecule has 1 atom stereocenters. The Morgan fingerprint density at radius 1 is 1.22 bits per heavy atom. The second-order valence-corrected chi connectivity index (χ2v) is 9.51. The number of hydrogen-bond donors (Lipinski definition) is 1. The van der Waals surface area contributed by atoms with Gasteiger partial charge in [-0.2, -0.15) is 0 Å². The van der Waals surface area contributed by atoms with Gasteiger partial charge in [0.15, 0.2) is 16.4 Å². The molecule has 1 aromatic carbocycles. The molecule has 0 bridgehead atoms. The van der Waals surface area contributed by atoms with Gasteiger partial charge >= 0.3 is 0 Å². The van der Waals surface area contributed by atoms with Gasteiger partial charge in [0.2, 0.25) is 5.91 Å². The molecule has 1 fully saturated rings. The highest BCUT2D eigenvalue weighted by Gasteiger charge is 2.29. The average molecular weight is 458 g/mol. The van der Waals surface area contributed by atoms with E-state index in [-0.39, 0.29) is 52.0 Å². The van der Waals surface area contributed by atoms with Crippen molar-refractivity contribution < 1.29 is 22.7 Å². The van der Waals surface area contributed by atoms with Gasteiger partial charge in [0.05, 0.1) is 33.1 Å². The van der Waals surface area contributed by atoms with Crippen molar-refractivity contribution in [2.24, 2.45) is 0 Å². The van der Waals surface area contributed by atoms with E-state index in [1.165, 1.54) is 17.0 Å². The summed E-state index contributed by atoms with van der Waals surface area (Å²) in [6, 6.07) is 2.40. The highest BCUT2D eigenvalue weighted by Crippen LogP contribution is 2.33. The standard InChI is InChI=1S/C16H19Cl3N2O5S/c1-2-21(7-15(22)20-10-3-4-27(24,25)9-10)16(23)8-26-14-6-12(18)11(17)5-13(14)19/h5-6,10H,2-4,7-9H2,1H3,(H,20,22)/t10-/m0/s1. The second kappa shape index (κ2) is 9.32. The van der Waals surface area contributed by atoms with Crippen molar-refractivity contribution in [1.82, 2.24) is 10.2 Å². The first kappa shape index (κ1) is 22.1. The molecule has 1 aromatic rings. The van der Waals surface area contributed by atoms with Crippen molar-refractivity contribution in [2.45, 2.75) is 19.4 Å². The molecule has 0 aliphatic carbocycles. The molecule has 1 saturated heterocycles. The van der Waals surface area contributed by atoms with E-state index < -0.39 is 27.7 Å². The Bertz CT molecular complexity index is 832. The Kier molecular flexibility index (Phi) is 7.62. The topological polar surface area (TPSA) is 92.8 Å². The maximum Gasteiger partial charge on any atom is 0.260 e. The Balaban J connectivity index is 1.88. The predicted octanol–water partition coefficient (Wildman–Crippen LogP) is 2.18. The van der Waals surface area contributed by atoms with Crippen LogP contribution in [0.15, 0.2) is 12.1 Å². The largest absolute Gasteiger partial charge is 0.482 e. The number of amides is 2. The van der Waals surface area contributed by atoms with Gasteiger partial charge in [-0.1, -0.05) is 34.8 Å². The van der Waals surface area contributed by atoms with Crippen LogP contribution in [-0.2, 0) is 19.4 Å². The molecular weight excluding hydrogens is 439 g/mol. The molecular formula is C16H19Cl3N2O5S. The molecule has 0 unspecified atom stereocenters. The quantitative estimate of drug-likeness (QED) is 0.634. The summed E-state index contributed by atoms with van der Waals surface area (Å²) in [7, 11) is -3.09. The van der Waals surface area contributed by atoms with E-state index >= 15 is 0 Å². The van der Waals surface area contributed by atoms with Gasteiger partial charge in [-0.3, -0.25) is 9.59 Å². The molecule has 27 heavy (non-hydrogen) atoms. The number of nitrogens with zero attached hydrogens (tertiary/aromatic N) is 1. The molecule has 0 saturated carbocycles. The smallest absolute Gasteiger partial charge is 0.260 e. The van der Waals surface area contributed by atoms with Gasteiger partial charge in [0.1, 0.15) is 5.75 Å². The van der Waals surface area contributed by atoms with Crippen LogP contribution in [0.5, 0.6) is 5.75 Å². The van der Waals surface area contributed by atoms with Crippen LogP contribution in [0, 0.1) is 0 Å². The zero-order valence-corrected chi connectivity index (χ0v) is 17.6. The fourth-order valence-electron chi connectivity index (χ4n) is 2.58. The third kappa shape index (κ3) is 6.41. The number of ether oxygens (including phenoxy) is 1. The number of nitrogens with one attached hydrogen (secondary N) is 1. The minimum absolute atomic E-state index is 0.0621. The highest BCUT2D eigenvalue weighted by atomic mass is 35.5. The van der Waals surface area contributed by atoms with Crippen LogP contribution >= 0.6 is 34.8 Å². The summed E-state index contributed by atoms with van der Waals surface area (Å²) in [5, 5.41) is 3.36. The lowest BCUT2D eigenvalue weighted by Gasteiger charge is -2.21. The minimum atomic E-state index is -3.09. The molecule has 0 aromatic heterocycles. The third-order valence-corrected chi connectivity index (χ3v) is 6.78. The van der Waals surface area contributed by atoms with Gasteiger partial charge in [0.25, 0.3) is 5.91 Å². The van der Waals surface area contributed by atoms with E-state index in [0.29, 0.717) is 6.42 Å². The number of carbonyl (C=O) groups excluding carboxylic acids is 2. The monoisotopic (exact) mass is 456 g/mol. The maximum absolute atomic E-state index is 12.3. The van der Waals surface area contributed by atoms with Crippen LogP contribution in [0.25, 0.3) is 0 Å². The average Bonchev–Trinajstić information content (AvgIpc) is 2.92. The number of likely N-dealkylation sites (N-methyl/N-ethyl adjacent to an activating group) is 1. The number of carbonyl (C=O) groups is 2. The van der Waals surface area contributed by atoms with E-state index in [1.807, 2.05) is 0 Å². The third-order valence-electron chi connectivity index (χ3n) is 3.99. The number of rotatable bonds is 7. The summed E-state index contributed by atoms with van der Waals surface area (Å²) < 4.78 is 28.3. The van der Waals surface area contributed by atoms with Crippen molar-refractivity contribution >= 4 is 56.5 Å². The summed E-state index contributed by atoms with van der Waals surface area (Å²) >= 11 is 17.7. The lowest BCUT2D eigenvalue weighted by molar-refractivity contribution is -0.137. The van der Waals surface area contributed by atoms with Gasteiger partial charge in [-0.15, -0.1) is 0 Å². The second-order valence-electron chi connectivity index (χ2n) is 6.06. The Morgan fingerprint density at radius 3 is 2.48 bits per heavy atom. The molecule has 2 amide bonds. The van der Waals surface area contributed by atoms with E-state index in [2.05, 4.69) is 5.32 Å². The molecule has 1 N–H and O–H groups in total. The Labute approximate surface area is 172 Å². The summed E-state index contributed by atoms with van der Waals surface area (Å²) in [4.78, 5) is 25.7. The lowest BCUT2D eigenvalue weighted by Crippen LogP contribution is -2.45. The Hall–Kier alpha value is -1.22. The lowest BCUT2D eigenvalue weighted by atomic mass is 10.2. The summed E-state index contributed by atoms with van der Waals surface area (Å²) in [5.41, 5.74) is 0. The first-order valence-electron chi connectivity index (χ1n) is 8.16. The molecule has 0 spiro atoms. The zero-order chi connectivity index (χ0) is 20.2. The van der Waals surface area contributed by atoms with Crippen LogP contribution in [0.4, 0.5) is 0 Å². The SMILES string of the molecule is CCN(CC(=O)N[C@H]1CCS(=O)(=O)C1)C(=O)COc1cc(Cl)c(Cl)cc1Cl. The van der Waals surface area contributed by atoms with Crippen molar-refractivity contribution in [3.63, 3.8) is 0 Å². The van der Waals surface area contributed by atoms with E-state index in [9.17, 15) is 18.0 Å². The molecule has 150 valence electrons. The van der Waals surface area contributed by atoms with Gasteiger partial charge in [-0.05, 0) is 19.4 Å². The number of benzene rings is 1. The van der Waals surface area contributed by atoms with Crippen molar-refractivity contribution in [2.75, 3.05) is 31.2 Å². The van der Waals surface area contributed by atoms with Gasteiger partial charge in [-0.25, -0.2) is 8.42 Å². The van der Waals surface area contributed by atoms with Crippen LogP contribution in [-0.4, -0.2) is 62.4 Å². The minimum Gasteiger partial charge on any atom is -0.482 e. The van der Waals surface area contributed by atoms with Crippen LogP contribution in [0.3, 0.4) is 0 Å². The van der Waals surface area contributed by atoms with Gasteiger partial charge in [0, 0.05) is 18.7 Å². The maximum atomic E-state index is 12.3. The van der Waals surface area contributed by atoms with Crippen LogP contribution in [0.2, 0.25) is 15.1 Å². The number of halogens is 3. The van der Waals surface area contributed by atoms with E-state index in [0.717, 1.165) is 0 Å². The first-order chi connectivity index (χ1) is 12.6. The van der Waals surface area contributed by atoms with Gasteiger partial charge < -0.3 is 15.0 Å². The molecule has 1 aliphatic rings. The molecule has 11 heteroatoms. The molecule has 1 aliphatic heterocycles. The summed E-state index contributed by atoms with van der Waals surface area (Å²) in [6.45, 7) is 1.48. The normalized spacial score (nSPS) is 18.1. The first-order valence-corrected chi connectivity index (χ1v) is 11.1.